The summed E-state index contributed by atoms with van der Waals surface area (Å²) in [4.78, 5) is 16.5. The van der Waals surface area contributed by atoms with E-state index in [0.717, 1.165) is 28.5 Å². The van der Waals surface area contributed by atoms with Gasteiger partial charge in [0.05, 0.1) is 26.0 Å². The number of carbonyl (C=O) groups is 1. The van der Waals surface area contributed by atoms with E-state index in [1.54, 1.807) is 7.11 Å². The van der Waals surface area contributed by atoms with Crippen LogP contribution in [0.25, 0.3) is 5.65 Å². The number of nitrogens with one attached hydrogen (secondary N) is 1. The average molecular weight is 353 g/mol. The van der Waals surface area contributed by atoms with Crippen molar-refractivity contribution in [3.8, 4) is 11.5 Å². The van der Waals surface area contributed by atoms with E-state index in [9.17, 15) is 4.79 Å². The molecule has 3 rings (SSSR count). The van der Waals surface area contributed by atoms with Crippen molar-refractivity contribution >= 4 is 11.6 Å². The molecule has 0 bridgehead atoms. The first-order valence-electron chi connectivity index (χ1n) is 8.63. The van der Waals surface area contributed by atoms with Crippen LogP contribution in [0.15, 0.2) is 48.7 Å². The van der Waals surface area contributed by atoms with Gasteiger partial charge < -0.3 is 19.2 Å². The van der Waals surface area contributed by atoms with Crippen LogP contribution < -0.4 is 14.8 Å². The molecule has 2 heterocycles. The molecule has 0 aliphatic heterocycles. The molecule has 0 aliphatic carbocycles. The Hall–Kier alpha value is -3.02. The molecule has 1 aromatic carbocycles. The third kappa shape index (κ3) is 4.53. The SMILES string of the molecule is COc1ccc(OCCCC(=O)NCc2cn3c(C)cccc3n2)cc1. The van der Waals surface area contributed by atoms with Crippen LogP contribution >= 0.6 is 0 Å². The van der Waals surface area contributed by atoms with Crippen molar-refractivity contribution in [2.24, 2.45) is 0 Å². The number of nitrogens with zero attached hydrogens (tertiary/aromatic N) is 2. The Bertz CT molecular complexity index is 872. The molecule has 0 fully saturated rings. The van der Waals surface area contributed by atoms with Crippen LogP contribution in [-0.2, 0) is 11.3 Å². The molecule has 3 aromatic rings. The number of methoxy groups -OCH3 is 1. The van der Waals surface area contributed by atoms with Crippen molar-refractivity contribution in [3.63, 3.8) is 0 Å². The summed E-state index contributed by atoms with van der Waals surface area (Å²) in [5, 5.41) is 2.91. The summed E-state index contributed by atoms with van der Waals surface area (Å²) in [6.45, 7) is 2.95. The molecule has 6 nitrogen and oxygen atoms in total. The zero-order chi connectivity index (χ0) is 18.4. The second-order valence-electron chi connectivity index (χ2n) is 6.03. The fourth-order valence-corrected chi connectivity index (χ4v) is 2.66. The van der Waals surface area contributed by atoms with Crippen molar-refractivity contribution in [2.75, 3.05) is 13.7 Å². The molecule has 0 spiro atoms. The van der Waals surface area contributed by atoms with Gasteiger partial charge in [-0.2, -0.15) is 0 Å². The minimum atomic E-state index is -0.00268. The van der Waals surface area contributed by atoms with Crippen molar-refractivity contribution in [1.29, 1.82) is 0 Å². The highest BCUT2D eigenvalue weighted by Crippen LogP contribution is 2.17. The lowest BCUT2D eigenvalue weighted by Crippen LogP contribution is -2.23. The zero-order valence-corrected chi connectivity index (χ0v) is 15.1. The van der Waals surface area contributed by atoms with Crippen LogP contribution in [0.3, 0.4) is 0 Å². The Kier molecular flexibility index (Phi) is 5.73. The predicted molar refractivity (Wildman–Crippen MR) is 99.5 cm³/mol. The largest absolute Gasteiger partial charge is 0.497 e. The maximum absolute atomic E-state index is 12.0. The molecule has 1 amide bonds. The van der Waals surface area contributed by atoms with Gasteiger partial charge in [-0.15, -0.1) is 0 Å². The standard InChI is InChI=1S/C20H23N3O3/c1-15-5-3-6-19-22-16(14-23(15)19)13-21-20(24)7-4-12-26-18-10-8-17(25-2)9-11-18/h3,5-6,8-11,14H,4,7,12-13H2,1-2H3,(H,21,24). The number of pyridine rings is 1. The van der Waals surface area contributed by atoms with Gasteiger partial charge in [0.25, 0.3) is 0 Å². The van der Waals surface area contributed by atoms with E-state index < -0.39 is 0 Å². The summed E-state index contributed by atoms with van der Waals surface area (Å²) in [5.74, 6) is 1.56. The molecule has 0 atom stereocenters. The fourth-order valence-electron chi connectivity index (χ4n) is 2.66. The molecule has 6 heteroatoms. The van der Waals surface area contributed by atoms with Gasteiger partial charge in [0.2, 0.25) is 5.91 Å². The van der Waals surface area contributed by atoms with Crippen LogP contribution in [0.2, 0.25) is 0 Å². The second-order valence-corrected chi connectivity index (χ2v) is 6.03. The van der Waals surface area contributed by atoms with Gasteiger partial charge in [0.1, 0.15) is 17.1 Å². The Morgan fingerprint density at radius 1 is 1.15 bits per heavy atom. The van der Waals surface area contributed by atoms with E-state index in [1.165, 1.54) is 0 Å². The number of amides is 1. The maximum Gasteiger partial charge on any atom is 0.220 e. The van der Waals surface area contributed by atoms with Crippen molar-refractivity contribution < 1.29 is 14.3 Å². The second kappa shape index (κ2) is 8.38. The van der Waals surface area contributed by atoms with Crippen LogP contribution in [-0.4, -0.2) is 29.0 Å². The molecular weight excluding hydrogens is 330 g/mol. The Labute approximate surface area is 152 Å². The minimum absolute atomic E-state index is 0.00268. The van der Waals surface area contributed by atoms with Gasteiger partial charge >= 0.3 is 0 Å². The van der Waals surface area contributed by atoms with Crippen molar-refractivity contribution in [3.05, 3.63) is 60.0 Å². The molecule has 136 valence electrons. The van der Waals surface area contributed by atoms with E-state index in [2.05, 4.69) is 10.3 Å². The molecule has 0 saturated heterocycles. The number of carbonyl (C=O) groups excluding carboxylic acids is 1. The highest BCUT2D eigenvalue weighted by molar-refractivity contribution is 5.75. The molecule has 0 radical (unpaired) electrons. The number of imidazole rings is 1. The van der Waals surface area contributed by atoms with E-state index >= 15 is 0 Å². The number of ether oxygens (including phenoxy) is 2. The molecule has 26 heavy (non-hydrogen) atoms. The van der Waals surface area contributed by atoms with Gasteiger partial charge in [0.15, 0.2) is 0 Å². The smallest absolute Gasteiger partial charge is 0.220 e. The van der Waals surface area contributed by atoms with Crippen LogP contribution in [0.4, 0.5) is 0 Å². The number of aromatic nitrogens is 2. The monoisotopic (exact) mass is 353 g/mol. The van der Waals surface area contributed by atoms with Crippen LogP contribution in [0.1, 0.15) is 24.2 Å². The summed E-state index contributed by atoms with van der Waals surface area (Å²) in [5.41, 5.74) is 2.85. The maximum atomic E-state index is 12.0. The lowest BCUT2D eigenvalue weighted by Gasteiger charge is -2.07. The van der Waals surface area contributed by atoms with E-state index in [4.69, 9.17) is 9.47 Å². The van der Waals surface area contributed by atoms with Crippen molar-refractivity contribution in [1.82, 2.24) is 14.7 Å². The first kappa shape index (κ1) is 17.8. The highest BCUT2D eigenvalue weighted by atomic mass is 16.5. The van der Waals surface area contributed by atoms with Gasteiger partial charge in [0, 0.05) is 18.3 Å². The highest BCUT2D eigenvalue weighted by Gasteiger charge is 2.06. The van der Waals surface area contributed by atoms with Gasteiger partial charge in [-0.3, -0.25) is 4.79 Å². The first-order chi connectivity index (χ1) is 12.7. The molecule has 1 N–H and O–H groups in total. The molecule has 0 aliphatic rings. The Balaban J connectivity index is 1.39. The lowest BCUT2D eigenvalue weighted by atomic mass is 10.3. The van der Waals surface area contributed by atoms with Gasteiger partial charge in [-0.1, -0.05) is 6.07 Å². The third-order valence-corrected chi connectivity index (χ3v) is 4.09. The Morgan fingerprint density at radius 3 is 2.65 bits per heavy atom. The molecular formula is C20H23N3O3. The molecule has 0 unspecified atom stereocenters. The average Bonchev–Trinajstić information content (AvgIpc) is 3.09. The number of rotatable bonds is 8. The summed E-state index contributed by atoms with van der Waals surface area (Å²) in [7, 11) is 1.63. The summed E-state index contributed by atoms with van der Waals surface area (Å²) in [6, 6.07) is 13.4. The lowest BCUT2D eigenvalue weighted by molar-refractivity contribution is -0.121. The number of aryl methyl sites for hydroxylation is 1. The summed E-state index contributed by atoms with van der Waals surface area (Å²) < 4.78 is 12.7. The zero-order valence-electron chi connectivity index (χ0n) is 15.1. The third-order valence-electron chi connectivity index (χ3n) is 4.09. The number of hydrogen-bond donors (Lipinski definition) is 1. The van der Waals surface area contributed by atoms with E-state index in [0.29, 0.717) is 26.0 Å². The Morgan fingerprint density at radius 2 is 1.92 bits per heavy atom. The van der Waals surface area contributed by atoms with Gasteiger partial charge in [-0.05, 0) is 49.7 Å². The molecule has 0 saturated carbocycles. The number of benzene rings is 1. The molecule has 2 aromatic heterocycles. The van der Waals surface area contributed by atoms with E-state index in [-0.39, 0.29) is 5.91 Å². The fraction of sp³-hybridized carbons (Fsp3) is 0.300. The minimum Gasteiger partial charge on any atom is -0.497 e. The van der Waals surface area contributed by atoms with E-state index in [1.807, 2.05) is 60.0 Å². The normalized spacial score (nSPS) is 10.7. The number of hydrogen-bond acceptors (Lipinski definition) is 4. The van der Waals surface area contributed by atoms with Crippen LogP contribution in [0.5, 0.6) is 11.5 Å². The summed E-state index contributed by atoms with van der Waals surface area (Å²) >= 11 is 0. The topological polar surface area (TPSA) is 64.9 Å². The van der Waals surface area contributed by atoms with Crippen molar-refractivity contribution in [2.45, 2.75) is 26.3 Å². The summed E-state index contributed by atoms with van der Waals surface area (Å²) in [6.07, 6.45) is 3.03. The predicted octanol–water partition coefficient (Wildman–Crippen LogP) is 3.13. The number of fused-ring (bicyclic) bond motifs is 1. The van der Waals surface area contributed by atoms with Crippen LogP contribution in [0, 0.1) is 6.92 Å². The quantitative estimate of drug-likeness (QED) is 0.632. The van der Waals surface area contributed by atoms with Gasteiger partial charge in [-0.25, -0.2) is 4.98 Å². The first-order valence-corrected chi connectivity index (χ1v) is 8.63.